The molecule has 0 unspecified atom stereocenters. The van der Waals surface area contributed by atoms with Gasteiger partial charge < -0.3 is 4.74 Å². The highest BCUT2D eigenvalue weighted by atomic mass is 16.5. The lowest BCUT2D eigenvalue weighted by Crippen LogP contribution is -1.85. The molecule has 17 heavy (non-hydrogen) atoms. The van der Waals surface area contributed by atoms with Crippen molar-refractivity contribution in [3.05, 3.63) is 53.9 Å². The van der Waals surface area contributed by atoms with Gasteiger partial charge in [-0.25, -0.2) is 0 Å². The van der Waals surface area contributed by atoms with E-state index < -0.39 is 0 Å². The van der Waals surface area contributed by atoms with E-state index in [-0.39, 0.29) is 0 Å². The molecule has 2 aromatic rings. The maximum Gasteiger partial charge on any atom is 0.121 e. The number of ether oxygens (including phenoxy) is 1. The summed E-state index contributed by atoms with van der Waals surface area (Å²) in [4.78, 5) is 8.50. The Labute approximate surface area is 101 Å². The van der Waals surface area contributed by atoms with Crippen molar-refractivity contribution in [1.29, 1.82) is 0 Å². The van der Waals surface area contributed by atoms with Gasteiger partial charge in [-0.3, -0.25) is 9.98 Å². The van der Waals surface area contributed by atoms with Crippen LogP contribution in [-0.4, -0.2) is 18.3 Å². The zero-order valence-electron chi connectivity index (χ0n) is 9.92. The van der Waals surface area contributed by atoms with E-state index >= 15 is 0 Å². The standard InChI is InChI=1S/C14H14N2O/c1-11-6-12(9-15-8-11)10-16-13-4-3-5-14(7-13)17-2/h3-10H,1-2H3/b16-10+. The van der Waals surface area contributed by atoms with Crippen molar-refractivity contribution in [3.8, 4) is 5.75 Å². The van der Waals surface area contributed by atoms with Crippen LogP contribution in [0.15, 0.2) is 47.7 Å². The van der Waals surface area contributed by atoms with Crippen LogP contribution in [0.5, 0.6) is 5.75 Å². The average molecular weight is 226 g/mol. The summed E-state index contributed by atoms with van der Waals surface area (Å²) in [6.45, 7) is 2.01. The molecule has 1 heterocycles. The molecule has 0 saturated heterocycles. The molecule has 0 saturated carbocycles. The van der Waals surface area contributed by atoms with E-state index in [1.807, 2.05) is 43.5 Å². The number of benzene rings is 1. The Hall–Kier alpha value is -2.16. The molecule has 0 atom stereocenters. The third kappa shape index (κ3) is 3.14. The molecule has 0 N–H and O–H groups in total. The van der Waals surface area contributed by atoms with Gasteiger partial charge in [-0.1, -0.05) is 6.07 Å². The Morgan fingerprint density at radius 2 is 2.12 bits per heavy atom. The molecule has 0 spiro atoms. The van der Waals surface area contributed by atoms with Crippen LogP contribution in [0.1, 0.15) is 11.1 Å². The third-order valence-electron chi connectivity index (χ3n) is 2.31. The van der Waals surface area contributed by atoms with Gasteiger partial charge in [0.15, 0.2) is 0 Å². The summed E-state index contributed by atoms with van der Waals surface area (Å²) in [6, 6.07) is 9.67. The van der Waals surface area contributed by atoms with E-state index in [0.29, 0.717) is 0 Å². The molecule has 2 rings (SSSR count). The van der Waals surface area contributed by atoms with E-state index in [0.717, 1.165) is 22.6 Å². The van der Waals surface area contributed by atoms with E-state index in [2.05, 4.69) is 9.98 Å². The zero-order valence-corrected chi connectivity index (χ0v) is 9.92. The van der Waals surface area contributed by atoms with Crippen LogP contribution in [0.4, 0.5) is 5.69 Å². The van der Waals surface area contributed by atoms with Crippen LogP contribution in [0, 0.1) is 6.92 Å². The van der Waals surface area contributed by atoms with Crippen LogP contribution in [0.3, 0.4) is 0 Å². The second-order valence-electron chi connectivity index (χ2n) is 3.76. The molecule has 0 aliphatic rings. The van der Waals surface area contributed by atoms with Gasteiger partial charge in [0.1, 0.15) is 5.75 Å². The van der Waals surface area contributed by atoms with Gasteiger partial charge in [0.25, 0.3) is 0 Å². The largest absolute Gasteiger partial charge is 0.497 e. The van der Waals surface area contributed by atoms with Crippen molar-refractivity contribution in [1.82, 2.24) is 4.98 Å². The van der Waals surface area contributed by atoms with E-state index in [9.17, 15) is 0 Å². The lowest BCUT2D eigenvalue weighted by atomic mass is 10.2. The number of hydrogen-bond acceptors (Lipinski definition) is 3. The SMILES string of the molecule is COc1cccc(/N=C/c2cncc(C)c2)c1. The highest BCUT2D eigenvalue weighted by Crippen LogP contribution is 2.19. The first-order chi connectivity index (χ1) is 8.28. The third-order valence-corrected chi connectivity index (χ3v) is 2.31. The topological polar surface area (TPSA) is 34.5 Å². The molecule has 3 nitrogen and oxygen atoms in total. The smallest absolute Gasteiger partial charge is 0.121 e. The molecule has 1 aromatic heterocycles. The van der Waals surface area contributed by atoms with Crippen molar-refractivity contribution in [2.75, 3.05) is 7.11 Å². The number of aryl methyl sites for hydroxylation is 1. The first-order valence-corrected chi connectivity index (χ1v) is 5.38. The van der Waals surface area contributed by atoms with Gasteiger partial charge in [-0.2, -0.15) is 0 Å². The molecule has 0 aliphatic carbocycles. The number of hydrogen-bond donors (Lipinski definition) is 0. The van der Waals surface area contributed by atoms with Crippen LogP contribution < -0.4 is 4.74 Å². The molecule has 0 amide bonds. The number of methoxy groups -OCH3 is 1. The molecular weight excluding hydrogens is 212 g/mol. The Bertz CT molecular complexity index is 535. The summed E-state index contributed by atoms with van der Waals surface area (Å²) in [6.07, 6.45) is 5.41. The predicted molar refractivity (Wildman–Crippen MR) is 69.2 cm³/mol. The lowest BCUT2D eigenvalue weighted by molar-refractivity contribution is 0.415. The Balaban J connectivity index is 2.19. The Morgan fingerprint density at radius 3 is 2.88 bits per heavy atom. The minimum absolute atomic E-state index is 0.807. The fourth-order valence-electron chi connectivity index (χ4n) is 1.49. The molecule has 1 aromatic carbocycles. The second kappa shape index (κ2) is 5.25. The predicted octanol–water partition coefficient (Wildman–Crippen LogP) is 3.15. The van der Waals surface area contributed by atoms with Gasteiger partial charge in [-0.15, -0.1) is 0 Å². The van der Waals surface area contributed by atoms with Crippen LogP contribution in [-0.2, 0) is 0 Å². The number of aromatic nitrogens is 1. The van der Waals surface area contributed by atoms with Crippen molar-refractivity contribution in [2.24, 2.45) is 4.99 Å². The van der Waals surface area contributed by atoms with E-state index in [1.54, 1.807) is 19.5 Å². The summed E-state index contributed by atoms with van der Waals surface area (Å²) < 4.78 is 5.14. The highest BCUT2D eigenvalue weighted by molar-refractivity contribution is 5.81. The van der Waals surface area contributed by atoms with Gasteiger partial charge in [0, 0.05) is 30.2 Å². The Morgan fingerprint density at radius 1 is 1.24 bits per heavy atom. The number of aliphatic imine (C=N–C) groups is 1. The number of nitrogens with zero attached hydrogens (tertiary/aromatic N) is 2. The van der Waals surface area contributed by atoms with E-state index in [1.165, 1.54) is 0 Å². The molecular formula is C14H14N2O. The minimum Gasteiger partial charge on any atom is -0.497 e. The number of rotatable bonds is 3. The summed E-state index contributed by atoms with van der Waals surface area (Å²) in [5.74, 6) is 0.807. The lowest BCUT2D eigenvalue weighted by Gasteiger charge is -1.99. The molecule has 0 fully saturated rings. The summed E-state index contributed by atoms with van der Waals surface area (Å²) in [7, 11) is 1.65. The van der Waals surface area contributed by atoms with Gasteiger partial charge in [0.2, 0.25) is 0 Å². The number of pyridine rings is 1. The first kappa shape index (κ1) is 11.3. The van der Waals surface area contributed by atoms with Crippen molar-refractivity contribution in [2.45, 2.75) is 6.92 Å². The zero-order chi connectivity index (χ0) is 12.1. The van der Waals surface area contributed by atoms with Gasteiger partial charge in [-0.05, 0) is 30.7 Å². The fourth-order valence-corrected chi connectivity index (χ4v) is 1.49. The maximum absolute atomic E-state index is 5.14. The molecule has 86 valence electrons. The van der Waals surface area contributed by atoms with Crippen LogP contribution in [0.25, 0.3) is 0 Å². The molecule has 0 radical (unpaired) electrons. The fraction of sp³-hybridized carbons (Fsp3) is 0.143. The molecule has 3 heteroatoms. The summed E-state index contributed by atoms with van der Waals surface area (Å²) in [5, 5.41) is 0. The first-order valence-electron chi connectivity index (χ1n) is 5.38. The normalized spacial score (nSPS) is 10.7. The molecule has 0 bridgehead atoms. The van der Waals surface area contributed by atoms with E-state index in [4.69, 9.17) is 4.74 Å². The van der Waals surface area contributed by atoms with Crippen molar-refractivity contribution < 1.29 is 4.74 Å². The monoisotopic (exact) mass is 226 g/mol. The quantitative estimate of drug-likeness (QED) is 0.753. The average Bonchev–Trinajstić information content (AvgIpc) is 2.37. The Kier molecular flexibility index (Phi) is 3.50. The van der Waals surface area contributed by atoms with Crippen molar-refractivity contribution in [3.63, 3.8) is 0 Å². The highest BCUT2D eigenvalue weighted by Gasteiger charge is 1.93. The van der Waals surface area contributed by atoms with Gasteiger partial charge in [0.05, 0.1) is 12.8 Å². The van der Waals surface area contributed by atoms with Crippen LogP contribution >= 0.6 is 0 Å². The summed E-state index contributed by atoms with van der Waals surface area (Å²) in [5.41, 5.74) is 2.98. The minimum atomic E-state index is 0.807. The van der Waals surface area contributed by atoms with Gasteiger partial charge >= 0.3 is 0 Å². The second-order valence-corrected chi connectivity index (χ2v) is 3.76. The van der Waals surface area contributed by atoms with Crippen LogP contribution in [0.2, 0.25) is 0 Å². The molecule has 0 aliphatic heterocycles. The van der Waals surface area contributed by atoms with Crippen molar-refractivity contribution >= 4 is 11.9 Å². The maximum atomic E-state index is 5.14. The summed E-state index contributed by atoms with van der Waals surface area (Å²) >= 11 is 0.